The minimum atomic E-state index is -0.247. The number of anilines is 1. The molecular weight excluding hydrogens is 378 g/mol. The Kier molecular flexibility index (Phi) is 6.96. The van der Waals surface area contributed by atoms with Crippen LogP contribution in [0.25, 0.3) is 0 Å². The Morgan fingerprint density at radius 1 is 1.18 bits per heavy atom. The van der Waals surface area contributed by atoms with Crippen molar-refractivity contribution in [2.24, 2.45) is 11.3 Å². The Labute approximate surface area is 172 Å². The first kappa shape index (κ1) is 21.1. The van der Waals surface area contributed by atoms with E-state index in [1.54, 1.807) is 0 Å². The van der Waals surface area contributed by atoms with Gasteiger partial charge in [0, 0.05) is 25.3 Å². The highest BCUT2D eigenvalue weighted by Crippen LogP contribution is 2.44. The molecule has 3 fully saturated rings. The lowest BCUT2D eigenvalue weighted by molar-refractivity contribution is -0.134. The molecule has 6 nitrogen and oxygen atoms in total. The molecule has 4 rings (SSSR count). The number of benzene rings is 1. The van der Waals surface area contributed by atoms with Crippen molar-refractivity contribution in [1.29, 1.82) is 0 Å². The minimum absolute atomic E-state index is 0. The lowest BCUT2D eigenvalue weighted by Crippen LogP contribution is -2.44. The van der Waals surface area contributed by atoms with Crippen LogP contribution in [0.3, 0.4) is 0 Å². The highest BCUT2D eigenvalue weighted by molar-refractivity contribution is 5.96. The number of nitrogens with zero attached hydrogens (tertiary/aromatic N) is 1. The zero-order chi connectivity index (χ0) is 18.7. The molecule has 2 saturated heterocycles. The Morgan fingerprint density at radius 3 is 2.68 bits per heavy atom. The maximum atomic E-state index is 13.0. The first-order valence-electron chi connectivity index (χ1n) is 10.1. The lowest BCUT2D eigenvalue weighted by Gasteiger charge is -2.37. The maximum Gasteiger partial charge on any atom is 0.232 e. The van der Waals surface area contributed by atoms with Gasteiger partial charge in [0.25, 0.3) is 0 Å². The van der Waals surface area contributed by atoms with Crippen LogP contribution in [-0.4, -0.2) is 56.1 Å². The summed E-state index contributed by atoms with van der Waals surface area (Å²) in [5, 5.41) is 6.55. The second kappa shape index (κ2) is 9.25. The first-order chi connectivity index (χ1) is 13.2. The summed E-state index contributed by atoms with van der Waals surface area (Å²) in [5.74, 6) is 0.738. The van der Waals surface area contributed by atoms with Crippen molar-refractivity contribution in [3.8, 4) is 0 Å². The molecule has 2 N–H and O–H groups in total. The summed E-state index contributed by atoms with van der Waals surface area (Å²) in [5.41, 5.74) is 1.54. The summed E-state index contributed by atoms with van der Waals surface area (Å²) in [6.07, 6.45) is 4.87. The van der Waals surface area contributed by atoms with E-state index >= 15 is 0 Å². The Hall–Kier alpha value is -1.63. The van der Waals surface area contributed by atoms with Crippen molar-refractivity contribution in [1.82, 2.24) is 10.2 Å². The number of amides is 2. The van der Waals surface area contributed by atoms with Crippen molar-refractivity contribution >= 4 is 29.9 Å². The number of carbonyl (C=O) groups is 2. The molecular formula is C21H30ClN3O3. The summed E-state index contributed by atoms with van der Waals surface area (Å²) >= 11 is 0. The fourth-order valence-electron chi connectivity index (χ4n) is 4.75. The van der Waals surface area contributed by atoms with Crippen LogP contribution < -0.4 is 10.6 Å². The van der Waals surface area contributed by atoms with Crippen molar-refractivity contribution in [3.05, 3.63) is 29.8 Å². The zero-order valence-electron chi connectivity index (χ0n) is 16.2. The van der Waals surface area contributed by atoms with Gasteiger partial charge in [-0.05, 0) is 43.0 Å². The van der Waals surface area contributed by atoms with E-state index in [2.05, 4.69) is 10.6 Å². The lowest BCUT2D eigenvalue weighted by atomic mass is 9.67. The van der Waals surface area contributed by atoms with Gasteiger partial charge in [0.1, 0.15) is 0 Å². The van der Waals surface area contributed by atoms with Gasteiger partial charge in [-0.1, -0.05) is 25.0 Å². The Bertz CT molecular complexity index is 691. The van der Waals surface area contributed by atoms with Gasteiger partial charge < -0.3 is 20.3 Å². The molecule has 7 heteroatoms. The normalized spacial score (nSPS) is 26.9. The van der Waals surface area contributed by atoms with Crippen LogP contribution in [-0.2, 0) is 20.7 Å². The molecule has 2 aliphatic heterocycles. The molecule has 2 amide bonds. The molecule has 0 unspecified atom stereocenters. The van der Waals surface area contributed by atoms with Crippen LogP contribution in [0.1, 0.15) is 31.2 Å². The smallest absolute Gasteiger partial charge is 0.232 e. The number of nitrogens with one attached hydrogen (secondary N) is 2. The number of hydrogen-bond acceptors (Lipinski definition) is 4. The van der Waals surface area contributed by atoms with Crippen LogP contribution in [0.15, 0.2) is 24.3 Å². The highest BCUT2D eigenvalue weighted by atomic mass is 35.5. The number of hydrogen-bond donors (Lipinski definition) is 2. The maximum absolute atomic E-state index is 13.0. The SMILES string of the molecule is Cl.O=C(Cc1ccc(NC(=O)[C@@]23CCCC[C@H]2CNC3)cc1)N1CCOCC1. The van der Waals surface area contributed by atoms with Crippen LogP contribution in [0.2, 0.25) is 0 Å². The molecule has 28 heavy (non-hydrogen) atoms. The number of halogens is 1. The third-order valence-corrected chi connectivity index (χ3v) is 6.42. The number of ether oxygens (including phenoxy) is 1. The van der Waals surface area contributed by atoms with Gasteiger partial charge in [0.05, 0.1) is 25.0 Å². The van der Waals surface area contributed by atoms with E-state index in [4.69, 9.17) is 4.74 Å². The fourth-order valence-corrected chi connectivity index (χ4v) is 4.75. The van der Waals surface area contributed by atoms with E-state index < -0.39 is 0 Å². The van der Waals surface area contributed by atoms with Crippen LogP contribution >= 0.6 is 12.4 Å². The quantitative estimate of drug-likeness (QED) is 0.802. The van der Waals surface area contributed by atoms with E-state index in [-0.39, 0.29) is 29.6 Å². The molecule has 0 aromatic heterocycles. The van der Waals surface area contributed by atoms with Crippen LogP contribution in [0.5, 0.6) is 0 Å². The zero-order valence-corrected chi connectivity index (χ0v) is 17.1. The number of morpholine rings is 1. The average molecular weight is 408 g/mol. The summed E-state index contributed by atoms with van der Waals surface area (Å²) in [4.78, 5) is 27.2. The van der Waals surface area contributed by atoms with Crippen molar-refractivity contribution in [2.75, 3.05) is 44.7 Å². The molecule has 3 aliphatic rings. The van der Waals surface area contributed by atoms with Gasteiger partial charge >= 0.3 is 0 Å². The molecule has 1 saturated carbocycles. The first-order valence-corrected chi connectivity index (χ1v) is 10.1. The Morgan fingerprint density at radius 2 is 1.93 bits per heavy atom. The van der Waals surface area contributed by atoms with Crippen molar-refractivity contribution in [2.45, 2.75) is 32.1 Å². The summed E-state index contributed by atoms with van der Waals surface area (Å²) < 4.78 is 5.29. The number of rotatable bonds is 4. The topological polar surface area (TPSA) is 70.7 Å². The van der Waals surface area contributed by atoms with Gasteiger partial charge in [-0.15, -0.1) is 12.4 Å². The molecule has 1 aromatic carbocycles. The molecule has 0 bridgehead atoms. The van der Waals surface area contributed by atoms with Crippen LogP contribution in [0.4, 0.5) is 5.69 Å². The number of carbonyl (C=O) groups excluding carboxylic acids is 2. The summed E-state index contributed by atoms with van der Waals surface area (Å²) in [7, 11) is 0. The van der Waals surface area contributed by atoms with E-state index in [0.717, 1.165) is 43.6 Å². The van der Waals surface area contributed by atoms with E-state index in [9.17, 15) is 9.59 Å². The van der Waals surface area contributed by atoms with E-state index in [1.807, 2.05) is 29.2 Å². The molecule has 0 radical (unpaired) electrons. The van der Waals surface area contributed by atoms with Crippen LogP contribution in [0, 0.1) is 11.3 Å². The molecule has 2 atom stereocenters. The molecule has 2 heterocycles. The molecule has 1 aliphatic carbocycles. The third kappa shape index (κ3) is 4.34. The standard InChI is InChI=1S/C21H29N3O3.ClH/c25-19(24-9-11-27-12-10-24)13-16-4-6-18(7-5-16)23-20(26)21-8-2-1-3-17(21)14-22-15-21;/h4-7,17,22H,1-3,8-15H2,(H,23,26);1H/t17-,21+;/m0./s1. The van der Waals surface area contributed by atoms with Gasteiger partial charge in [-0.3, -0.25) is 9.59 Å². The molecule has 1 aromatic rings. The van der Waals surface area contributed by atoms with Gasteiger partial charge in [0.2, 0.25) is 11.8 Å². The fraction of sp³-hybridized carbons (Fsp3) is 0.619. The number of fused-ring (bicyclic) bond motifs is 1. The molecule has 0 spiro atoms. The highest BCUT2D eigenvalue weighted by Gasteiger charge is 2.49. The molecule has 154 valence electrons. The predicted molar refractivity (Wildman–Crippen MR) is 111 cm³/mol. The second-order valence-electron chi connectivity index (χ2n) is 8.05. The summed E-state index contributed by atoms with van der Waals surface area (Å²) in [6.45, 7) is 4.32. The monoisotopic (exact) mass is 407 g/mol. The average Bonchev–Trinajstić information content (AvgIpc) is 3.15. The second-order valence-corrected chi connectivity index (χ2v) is 8.05. The summed E-state index contributed by atoms with van der Waals surface area (Å²) in [6, 6.07) is 7.71. The minimum Gasteiger partial charge on any atom is -0.378 e. The predicted octanol–water partition coefficient (Wildman–Crippen LogP) is 2.23. The van der Waals surface area contributed by atoms with Crippen molar-refractivity contribution in [3.63, 3.8) is 0 Å². The Balaban J connectivity index is 0.00000225. The van der Waals surface area contributed by atoms with Gasteiger partial charge in [-0.25, -0.2) is 0 Å². The van der Waals surface area contributed by atoms with Crippen molar-refractivity contribution < 1.29 is 14.3 Å². The third-order valence-electron chi connectivity index (χ3n) is 6.42. The van der Waals surface area contributed by atoms with E-state index in [1.165, 1.54) is 6.42 Å². The van der Waals surface area contributed by atoms with E-state index in [0.29, 0.717) is 38.6 Å². The largest absolute Gasteiger partial charge is 0.378 e. The van der Waals surface area contributed by atoms with Gasteiger partial charge in [-0.2, -0.15) is 0 Å². The van der Waals surface area contributed by atoms with Gasteiger partial charge in [0.15, 0.2) is 0 Å².